The Morgan fingerprint density at radius 1 is 1.12 bits per heavy atom. The molecule has 24 heavy (non-hydrogen) atoms. The van der Waals surface area contributed by atoms with Gasteiger partial charge in [0.1, 0.15) is 7.05 Å². The first-order valence-electron chi connectivity index (χ1n) is 7.44. The number of rotatable bonds is 1. The Hall–Kier alpha value is -1.24. The van der Waals surface area contributed by atoms with E-state index in [-0.39, 0.29) is 24.0 Å². The van der Waals surface area contributed by atoms with Crippen molar-refractivity contribution in [1.82, 2.24) is 0 Å². The van der Waals surface area contributed by atoms with Crippen molar-refractivity contribution in [2.75, 3.05) is 11.9 Å². The van der Waals surface area contributed by atoms with Crippen molar-refractivity contribution in [3.05, 3.63) is 70.3 Å². The second-order valence-electron chi connectivity index (χ2n) is 5.65. The monoisotopic (exact) mass is 466 g/mol. The number of halogens is 2. The Bertz CT molecular complexity index is 955. The zero-order valence-corrected chi connectivity index (χ0v) is 17.1. The molecule has 2 heterocycles. The molecule has 0 radical (unpaired) electrons. The van der Waals surface area contributed by atoms with Gasteiger partial charge in [-0.2, -0.15) is 0 Å². The minimum atomic E-state index is 0. The summed E-state index contributed by atoms with van der Waals surface area (Å²) in [5.41, 5.74) is 3.62. The molecule has 0 bridgehead atoms. The molecular formula is C19H16ClIN2S. The third-order valence-corrected chi connectivity index (χ3v) is 5.58. The SMILES string of the molecule is CN1/C(=C/c2cc[n+](C)c3ccccc23)Sc2ccc(Cl)cc21.[I-]. The number of benzene rings is 2. The summed E-state index contributed by atoms with van der Waals surface area (Å²) in [5.74, 6) is 0. The van der Waals surface area contributed by atoms with Crippen LogP contribution in [0.2, 0.25) is 5.02 Å². The highest BCUT2D eigenvalue weighted by molar-refractivity contribution is 8.03. The first-order chi connectivity index (χ1) is 11.1. The third-order valence-electron chi connectivity index (χ3n) is 4.18. The fraction of sp³-hybridized carbons (Fsp3) is 0.105. The number of anilines is 1. The average molecular weight is 467 g/mol. The summed E-state index contributed by atoms with van der Waals surface area (Å²) in [6.45, 7) is 0. The van der Waals surface area contributed by atoms with Crippen molar-refractivity contribution in [3.63, 3.8) is 0 Å². The van der Waals surface area contributed by atoms with Crippen LogP contribution in [0.15, 0.2) is 64.7 Å². The van der Waals surface area contributed by atoms with E-state index in [4.69, 9.17) is 11.6 Å². The van der Waals surface area contributed by atoms with Crippen LogP contribution in [-0.2, 0) is 7.05 Å². The summed E-state index contributed by atoms with van der Waals surface area (Å²) in [5, 5.41) is 3.24. The van der Waals surface area contributed by atoms with Crippen LogP contribution in [0.3, 0.4) is 0 Å². The van der Waals surface area contributed by atoms with Gasteiger partial charge in [-0.25, -0.2) is 4.57 Å². The van der Waals surface area contributed by atoms with Crippen LogP contribution < -0.4 is 33.4 Å². The van der Waals surface area contributed by atoms with Gasteiger partial charge in [0.05, 0.1) is 16.1 Å². The second-order valence-corrected chi connectivity index (χ2v) is 7.15. The van der Waals surface area contributed by atoms with E-state index in [0.29, 0.717) is 0 Å². The van der Waals surface area contributed by atoms with Gasteiger partial charge >= 0.3 is 0 Å². The van der Waals surface area contributed by atoms with Crippen LogP contribution >= 0.6 is 23.4 Å². The van der Waals surface area contributed by atoms with Crippen LogP contribution in [0.25, 0.3) is 17.0 Å². The third kappa shape index (κ3) is 3.03. The number of hydrogen-bond donors (Lipinski definition) is 0. The van der Waals surface area contributed by atoms with E-state index in [1.165, 1.54) is 32.1 Å². The summed E-state index contributed by atoms with van der Waals surface area (Å²) in [4.78, 5) is 3.45. The molecule has 0 aliphatic carbocycles. The van der Waals surface area contributed by atoms with E-state index in [1.54, 1.807) is 11.8 Å². The van der Waals surface area contributed by atoms with Gasteiger partial charge in [0.25, 0.3) is 0 Å². The first-order valence-corrected chi connectivity index (χ1v) is 8.63. The molecule has 0 amide bonds. The van der Waals surface area contributed by atoms with Crippen molar-refractivity contribution in [1.29, 1.82) is 0 Å². The maximum absolute atomic E-state index is 6.13. The topological polar surface area (TPSA) is 7.12 Å². The number of aromatic nitrogens is 1. The summed E-state index contributed by atoms with van der Waals surface area (Å²) in [7, 11) is 4.17. The Morgan fingerprint density at radius 3 is 2.75 bits per heavy atom. The Kier molecular flexibility index (Phi) is 5.08. The van der Waals surface area contributed by atoms with Gasteiger partial charge in [-0.3, -0.25) is 0 Å². The van der Waals surface area contributed by atoms with Gasteiger partial charge in [0.2, 0.25) is 5.52 Å². The van der Waals surface area contributed by atoms with Crippen molar-refractivity contribution in [3.8, 4) is 0 Å². The second kappa shape index (κ2) is 6.94. The van der Waals surface area contributed by atoms with E-state index in [9.17, 15) is 0 Å². The predicted octanol–water partition coefficient (Wildman–Crippen LogP) is 1.86. The molecule has 0 N–H and O–H groups in total. The highest BCUT2D eigenvalue weighted by Crippen LogP contribution is 2.46. The lowest BCUT2D eigenvalue weighted by molar-refractivity contribution is -0.644. The Morgan fingerprint density at radius 2 is 1.92 bits per heavy atom. The summed E-state index contributed by atoms with van der Waals surface area (Å²) in [6.07, 6.45) is 4.36. The summed E-state index contributed by atoms with van der Waals surface area (Å²) in [6, 6.07) is 16.7. The van der Waals surface area contributed by atoms with Crippen LogP contribution in [0.4, 0.5) is 5.69 Å². The predicted molar refractivity (Wildman–Crippen MR) is 98.8 cm³/mol. The van der Waals surface area contributed by atoms with Crippen LogP contribution in [0, 0.1) is 0 Å². The molecule has 1 aromatic heterocycles. The van der Waals surface area contributed by atoms with E-state index < -0.39 is 0 Å². The van der Waals surface area contributed by atoms with Crippen molar-refractivity contribution in [2.45, 2.75) is 4.90 Å². The number of thioether (sulfide) groups is 1. The molecular weight excluding hydrogens is 451 g/mol. The van der Waals surface area contributed by atoms with Crippen LogP contribution in [0.5, 0.6) is 0 Å². The average Bonchev–Trinajstić information content (AvgIpc) is 2.86. The molecule has 122 valence electrons. The molecule has 0 saturated carbocycles. The van der Waals surface area contributed by atoms with Crippen LogP contribution in [0.1, 0.15) is 5.56 Å². The van der Waals surface area contributed by atoms with Gasteiger partial charge in [-0.05, 0) is 35.9 Å². The van der Waals surface area contributed by atoms with E-state index >= 15 is 0 Å². The molecule has 1 aliphatic heterocycles. The van der Waals surface area contributed by atoms with Gasteiger partial charge in [0, 0.05) is 29.1 Å². The fourth-order valence-electron chi connectivity index (χ4n) is 2.91. The minimum Gasteiger partial charge on any atom is -1.00 e. The van der Waals surface area contributed by atoms with Crippen molar-refractivity contribution >= 4 is 46.0 Å². The van der Waals surface area contributed by atoms with Crippen molar-refractivity contribution in [2.24, 2.45) is 7.05 Å². The highest BCUT2D eigenvalue weighted by Gasteiger charge is 2.22. The molecule has 0 atom stereocenters. The summed E-state index contributed by atoms with van der Waals surface area (Å²) < 4.78 is 2.15. The molecule has 0 unspecified atom stereocenters. The maximum Gasteiger partial charge on any atom is 0.212 e. The lowest BCUT2D eigenvalue weighted by Gasteiger charge is -2.14. The molecule has 2 nitrogen and oxygen atoms in total. The zero-order chi connectivity index (χ0) is 16.0. The summed E-state index contributed by atoms with van der Waals surface area (Å²) >= 11 is 7.92. The van der Waals surface area contributed by atoms with E-state index in [2.05, 4.69) is 72.2 Å². The fourth-order valence-corrected chi connectivity index (χ4v) is 4.16. The zero-order valence-electron chi connectivity index (χ0n) is 13.3. The Balaban J connectivity index is 0.00000169. The minimum absolute atomic E-state index is 0. The quantitative estimate of drug-likeness (QED) is 0.399. The van der Waals surface area contributed by atoms with Gasteiger partial charge in [-0.15, -0.1) is 0 Å². The maximum atomic E-state index is 6.13. The number of hydrogen-bond acceptors (Lipinski definition) is 2. The molecule has 1 aliphatic rings. The number of pyridine rings is 1. The normalized spacial score (nSPS) is 14.8. The van der Waals surface area contributed by atoms with Crippen molar-refractivity contribution < 1.29 is 28.5 Å². The molecule has 5 heteroatoms. The lowest BCUT2D eigenvalue weighted by Crippen LogP contribution is -3.00. The number of para-hydroxylation sites is 1. The highest BCUT2D eigenvalue weighted by atomic mass is 127. The molecule has 2 aromatic carbocycles. The Labute approximate surface area is 168 Å². The molecule has 0 spiro atoms. The molecule has 0 saturated heterocycles. The first kappa shape index (κ1) is 17.6. The van der Waals surface area contributed by atoms with E-state index in [0.717, 1.165) is 5.02 Å². The largest absolute Gasteiger partial charge is 1.00 e. The van der Waals surface area contributed by atoms with Crippen LogP contribution in [-0.4, -0.2) is 7.05 Å². The van der Waals surface area contributed by atoms with Gasteiger partial charge in [0.15, 0.2) is 6.20 Å². The van der Waals surface area contributed by atoms with Gasteiger partial charge in [-0.1, -0.05) is 35.5 Å². The molecule has 4 rings (SSSR count). The number of nitrogens with zero attached hydrogens (tertiary/aromatic N) is 2. The number of aryl methyl sites for hydroxylation is 1. The smallest absolute Gasteiger partial charge is 0.212 e. The lowest BCUT2D eigenvalue weighted by atomic mass is 10.1. The molecule has 3 aromatic rings. The standard InChI is InChI=1S/C19H16ClN2S.HI/c1-21-10-9-13(15-5-3-4-6-16(15)21)11-19-22(2)17-12-14(20)7-8-18(17)23-19;/h3-12H,1-2H3;1H/q+1;/p-1. The van der Waals surface area contributed by atoms with E-state index in [1.807, 2.05) is 12.1 Å². The number of fused-ring (bicyclic) bond motifs is 2. The molecule has 0 fully saturated rings. The van der Waals surface area contributed by atoms with Gasteiger partial charge < -0.3 is 28.9 Å².